The van der Waals surface area contributed by atoms with Crippen molar-refractivity contribution in [2.75, 3.05) is 25.6 Å². The average Bonchev–Trinajstić information content (AvgIpc) is 2.89. The molecule has 0 aliphatic rings. The van der Waals surface area contributed by atoms with Crippen LogP contribution in [0.3, 0.4) is 0 Å². The third-order valence-corrected chi connectivity index (χ3v) is 4.30. The highest BCUT2D eigenvalue weighted by Gasteiger charge is 2.16. The van der Waals surface area contributed by atoms with Gasteiger partial charge in [0.05, 0.1) is 23.7 Å². The van der Waals surface area contributed by atoms with Gasteiger partial charge in [-0.1, -0.05) is 0 Å². The van der Waals surface area contributed by atoms with Gasteiger partial charge in [-0.05, 0) is 38.1 Å². The van der Waals surface area contributed by atoms with Crippen LogP contribution in [0.1, 0.15) is 11.4 Å². The molecule has 0 aliphatic heterocycles. The number of rotatable bonds is 6. The lowest BCUT2D eigenvalue weighted by Crippen LogP contribution is -2.11. The zero-order chi connectivity index (χ0) is 19.6. The van der Waals surface area contributed by atoms with Crippen LogP contribution >= 0.6 is 0 Å². The second kappa shape index (κ2) is 7.79. The molecule has 8 heteroatoms. The summed E-state index contributed by atoms with van der Waals surface area (Å²) in [7, 11) is 3.47. The van der Waals surface area contributed by atoms with E-state index >= 15 is 0 Å². The fraction of sp³-hybridized carbons (Fsp3) is 0.316. The monoisotopic (exact) mass is 373 g/mol. The zero-order valence-corrected chi connectivity index (χ0v) is 15.7. The van der Waals surface area contributed by atoms with Crippen molar-refractivity contribution in [2.24, 2.45) is 7.05 Å². The zero-order valence-electron chi connectivity index (χ0n) is 15.7. The lowest BCUT2D eigenvalue weighted by atomic mass is 10.1. The summed E-state index contributed by atoms with van der Waals surface area (Å²) in [4.78, 5) is 9.02. The Morgan fingerprint density at radius 2 is 1.81 bits per heavy atom. The normalized spacial score (nSPS) is 11.0. The van der Waals surface area contributed by atoms with Crippen LogP contribution < -0.4 is 5.32 Å². The molecule has 1 N–H and O–H groups in total. The minimum atomic E-state index is -0.921. The molecule has 0 saturated heterocycles. The van der Waals surface area contributed by atoms with Crippen molar-refractivity contribution in [2.45, 2.75) is 13.8 Å². The van der Waals surface area contributed by atoms with E-state index in [2.05, 4.69) is 20.4 Å². The third-order valence-electron chi connectivity index (χ3n) is 4.30. The van der Waals surface area contributed by atoms with Gasteiger partial charge in [0, 0.05) is 37.5 Å². The second-order valence-corrected chi connectivity index (χ2v) is 6.18. The van der Waals surface area contributed by atoms with Crippen molar-refractivity contribution >= 4 is 5.95 Å². The van der Waals surface area contributed by atoms with Crippen molar-refractivity contribution in [3.05, 3.63) is 47.3 Å². The molecule has 6 nitrogen and oxygen atoms in total. The Hall–Kier alpha value is -2.87. The van der Waals surface area contributed by atoms with Gasteiger partial charge in [0.15, 0.2) is 11.6 Å². The van der Waals surface area contributed by atoms with Gasteiger partial charge in [-0.25, -0.2) is 18.7 Å². The summed E-state index contributed by atoms with van der Waals surface area (Å²) in [6.45, 7) is 4.85. The topological polar surface area (TPSA) is 64.9 Å². The van der Waals surface area contributed by atoms with E-state index in [1.807, 2.05) is 20.9 Å². The summed E-state index contributed by atoms with van der Waals surface area (Å²) in [5.41, 5.74) is 4.28. The van der Waals surface area contributed by atoms with E-state index in [0.29, 0.717) is 36.1 Å². The van der Waals surface area contributed by atoms with E-state index < -0.39 is 11.6 Å². The van der Waals surface area contributed by atoms with Gasteiger partial charge >= 0.3 is 0 Å². The van der Waals surface area contributed by atoms with Crippen LogP contribution in [0.5, 0.6) is 0 Å². The van der Waals surface area contributed by atoms with Gasteiger partial charge in [0.2, 0.25) is 5.95 Å². The molecule has 0 saturated carbocycles. The van der Waals surface area contributed by atoms with E-state index in [0.717, 1.165) is 29.1 Å². The van der Waals surface area contributed by atoms with E-state index in [-0.39, 0.29) is 0 Å². The molecule has 0 unspecified atom stereocenters. The number of anilines is 1. The van der Waals surface area contributed by atoms with Crippen LogP contribution in [0.15, 0.2) is 24.3 Å². The molecule has 0 atom stereocenters. The molecule has 142 valence electrons. The first-order valence-corrected chi connectivity index (χ1v) is 8.48. The van der Waals surface area contributed by atoms with Crippen LogP contribution in [0.4, 0.5) is 14.7 Å². The Morgan fingerprint density at radius 1 is 1.07 bits per heavy atom. The van der Waals surface area contributed by atoms with Crippen molar-refractivity contribution < 1.29 is 13.5 Å². The summed E-state index contributed by atoms with van der Waals surface area (Å²) in [5.74, 6) is -1.44. The summed E-state index contributed by atoms with van der Waals surface area (Å²) in [5, 5.41) is 7.52. The maximum Gasteiger partial charge on any atom is 0.223 e. The predicted octanol–water partition coefficient (Wildman–Crippen LogP) is 3.50. The minimum Gasteiger partial charge on any atom is -0.383 e. The van der Waals surface area contributed by atoms with Crippen LogP contribution in [0.2, 0.25) is 0 Å². The van der Waals surface area contributed by atoms with E-state index in [9.17, 15) is 8.78 Å². The first kappa shape index (κ1) is 18.9. The third kappa shape index (κ3) is 3.95. The number of benzene rings is 1. The highest BCUT2D eigenvalue weighted by Crippen LogP contribution is 2.29. The van der Waals surface area contributed by atoms with Crippen molar-refractivity contribution in [3.63, 3.8) is 0 Å². The first-order valence-electron chi connectivity index (χ1n) is 8.48. The smallest absolute Gasteiger partial charge is 0.223 e. The minimum absolute atomic E-state index is 0.381. The number of nitrogens with zero attached hydrogens (tertiary/aromatic N) is 4. The molecule has 0 fully saturated rings. The molecule has 3 aromatic rings. The molecular weight excluding hydrogens is 352 g/mol. The Bertz CT molecular complexity index is 971. The number of hydrogen-bond donors (Lipinski definition) is 1. The number of nitrogens with one attached hydrogen (secondary N) is 1. The lowest BCUT2D eigenvalue weighted by molar-refractivity contribution is 0.210. The van der Waals surface area contributed by atoms with Crippen molar-refractivity contribution in [1.82, 2.24) is 19.7 Å². The number of aryl methyl sites for hydroxylation is 2. The van der Waals surface area contributed by atoms with Crippen LogP contribution in [-0.2, 0) is 11.8 Å². The summed E-state index contributed by atoms with van der Waals surface area (Å²) < 4.78 is 33.8. The number of hydrogen-bond acceptors (Lipinski definition) is 5. The van der Waals surface area contributed by atoms with E-state index in [4.69, 9.17) is 4.74 Å². The molecule has 0 amide bonds. The highest BCUT2D eigenvalue weighted by atomic mass is 19.2. The first-order chi connectivity index (χ1) is 12.9. The molecular formula is C19H21F2N5O. The fourth-order valence-corrected chi connectivity index (χ4v) is 2.87. The molecule has 0 aliphatic carbocycles. The maximum absolute atomic E-state index is 13.7. The molecule has 2 heterocycles. The molecule has 3 rings (SSSR count). The summed E-state index contributed by atoms with van der Waals surface area (Å²) >= 11 is 0. The van der Waals surface area contributed by atoms with Gasteiger partial charge < -0.3 is 10.1 Å². The number of halogens is 2. The predicted molar refractivity (Wildman–Crippen MR) is 99.4 cm³/mol. The van der Waals surface area contributed by atoms with Crippen molar-refractivity contribution in [3.8, 4) is 22.5 Å². The largest absolute Gasteiger partial charge is 0.383 e. The van der Waals surface area contributed by atoms with E-state index in [1.54, 1.807) is 17.9 Å². The Balaban J connectivity index is 2.12. The summed E-state index contributed by atoms with van der Waals surface area (Å²) in [6, 6.07) is 5.46. The second-order valence-electron chi connectivity index (χ2n) is 6.18. The molecule has 0 radical (unpaired) electrons. The number of methoxy groups -OCH3 is 1. The lowest BCUT2D eigenvalue weighted by Gasteiger charge is -2.11. The Morgan fingerprint density at radius 3 is 2.44 bits per heavy atom. The molecule has 2 aromatic heterocycles. The van der Waals surface area contributed by atoms with E-state index in [1.165, 1.54) is 6.07 Å². The summed E-state index contributed by atoms with van der Waals surface area (Å²) in [6.07, 6.45) is 0. The Labute approximate surface area is 156 Å². The standard InChI is InChI=1S/C19H21F2N5O/c1-11-18(12(2)26(3)25-11)17-10-16(13-5-6-14(20)15(21)9-13)23-19(24-17)22-7-8-27-4/h5-6,9-10H,7-8H2,1-4H3,(H,22,23,24). The fourth-order valence-electron chi connectivity index (χ4n) is 2.87. The molecule has 27 heavy (non-hydrogen) atoms. The van der Waals surface area contributed by atoms with Gasteiger partial charge in [-0.2, -0.15) is 5.10 Å². The Kier molecular flexibility index (Phi) is 5.46. The number of aromatic nitrogens is 4. The van der Waals surface area contributed by atoms with Gasteiger partial charge in [-0.15, -0.1) is 0 Å². The van der Waals surface area contributed by atoms with Crippen LogP contribution in [0, 0.1) is 25.5 Å². The van der Waals surface area contributed by atoms with Gasteiger partial charge in [-0.3, -0.25) is 4.68 Å². The van der Waals surface area contributed by atoms with Gasteiger partial charge in [0.25, 0.3) is 0 Å². The quantitative estimate of drug-likeness (QED) is 0.670. The average molecular weight is 373 g/mol. The maximum atomic E-state index is 13.7. The van der Waals surface area contributed by atoms with Crippen molar-refractivity contribution in [1.29, 1.82) is 0 Å². The number of ether oxygens (including phenoxy) is 1. The van der Waals surface area contributed by atoms with Crippen LogP contribution in [0.25, 0.3) is 22.5 Å². The SMILES string of the molecule is COCCNc1nc(-c2ccc(F)c(F)c2)cc(-c2c(C)nn(C)c2C)n1. The highest BCUT2D eigenvalue weighted by molar-refractivity contribution is 5.72. The molecule has 0 spiro atoms. The van der Waals surface area contributed by atoms with Crippen LogP contribution in [-0.4, -0.2) is 40.0 Å². The van der Waals surface area contributed by atoms with Gasteiger partial charge in [0.1, 0.15) is 0 Å². The molecule has 0 bridgehead atoms. The molecule has 1 aromatic carbocycles.